The molecule has 0 aliphatic carbocycles. The highest BCUT2D eigenvalue weighted by molar-refractivity contribution is 7.16. The molecule has 0 radical (unpaired) electrons. The van der Waals surface area contributed by atoms with E-state index < -0.39 is 0 Å². The first-order valence-electron chi connectivity index (χ1n) is 10.2. The lowest BCUT2D eigenvalue weighted by atomic mass is 10.00. The van der Waals surface area contributed by atoms with Crippen LogP contribution in [-0.4, -0.2) is 48.4 Å². The Labute approximate surface area is 179 Å². The molecule has 1 N–H and O–H groups in total. The van der Waals surface area contributed by atoms with Gasteiger partial charge in [0.25, 0.3) is 5.91 Å². The molecule has 3 aromatic rings. The van der Waals surface area contributed by atoms with Crippen molar-refractivity contribution in [1.82, 2.24) is 9.80 Å². The van der Waals surface area contributed by atoms with Gasteiger partial charge in [-0.1, -0.05) is 13.8 Å². The Balaban J connectivity index is 1.67. The van der Waals surface area contributed by atoms with Crippen molar-refractivity contribution < 1.29 is 9.21 Å². The molecule has 1 aliphatic heterocycles. The summed E-state index contributed by atoms with van der Waals surface area (Å²) in [6.07, 6.45) is 2.48. The van der Waals surface area contributed by atoms with Crippen LogP contribution in [0.2, 0.25) is 0 Å². The van der Waals surface area contributed by atoms with E-state index in [-0.39, 0.29) is 11.9 Å². The fourth-order valence-electron chi connectivity index (χ4n) is 3.86. The predicted molar refractivity (Wildman–Crippen MR) is 120 cm³/mol. The summed E-state index contributed by atoms with van der Waals surface area (Å²) in [5, 5.41) is 8.42. The molecule has 1 atom stereocenters. The van der Waals surface area contributed by atoms with Crippen molar-refractivity contribution in [2.75, 3.05) is 38.0 Å². The number of furan rings is 1. The topological polar surface area (TPSA) is 48.7 Å². The number of nitrogens with one attached hydrogen (secondary N) is 1. The third-order valence-electron chi connectivity index (χ3n) is 5.51. The molecule has 4 heterocycles. The van der Waals surface area contributed by atoms with E-state index in [9.17, 15) is 4.79 Å². The summed E-state index contributed by atoms with van der Waals surface area (Å²) >= 11 is 3.40. The summed E-state index contributed by atoms with van der Waals surface area (Å²) in [6, 6.07) is 8.08. The maximum absolute atomic E-state index is 12.7. The summed E-state index contributed by atoms with van der Waals surface area (Å²) in [7, 11) is 0. The summed E-state index contributed by atoms with van der Waals surface area (Å²) in [6.45, 7) is 9.69. The van der Waals surface area contributed by atoms with Crippen LogP contribution in [0.1, 0.15) is 46.4 Å². The fraction of sp³-hybridized carbons (Fsp3) is 0.409. The zero-order valence-electron chi connectivity index (χ0n) is 16.9. The van der Waals surface area contributed by atoms with Crippen LogP contribution in [0.25, 0.3) is 0 Å². The Bertz CT molecular complexity index is 910. The smallest absolute Gasteiger partial charge is 0.291 e. The van der Waals surface area contributed by atoms with Gasteiger partial charge in [0.05, 0.1) is 12.3 Å². The molecule has 1 fully saturated rings. The largest absolute Gasteiger partial charge is 0.459 e. The highest BCUT2D eigenvalue weighted by Crippen LogP contribution is 2.40. The van der Waals surface area contributed by atoms with Gasteiger partial charge in [0.15, 0.2) is 5.76 Å². The van der Waals surface area contributed by atoms with Gasteiger partial charge >= 0.3 is 0 Å². The van der Waals surface area contributed by atoms with Gasteiger partial charge < -0.3 is 14.6 Å². The Morgan fingerprint density at radius 3 is 2.69 bits per heavy atom. The highest BCUT2D eigenvalue weighted by atomic mass is 32.1. The number of hydrogen-bond acceptors (Lipinski definition) is 6. The van der Waals surface area contributed by atoms with Gasteiger partial charge in [0.1, 0.15) is 5.00 Å². The Morgan fingerprint density at radius 2 is 2.07 bits per heavy atom. The second-order valence-electron chi connectivity index (χ2n) is 7.21. The Kier molecular flexibility index (Phi) is 6.50. The molecule has 0 saturated carbocycles. The minimum absolute atomic E-state index is 0.156. The third kappa shape index (κ3) is 4.48. The van der Waals surface area contributed by atoms with Crippen molar-refractivity contribution in [3.63, 3.8) is 0 Å². The molecule has 1 unspecified atom stereocenters. The van der Waals surface area contributed by atoms with Crippen LogP contribution in [0, 0.1) is 0 Å². The highest BCUT2D eigenvalue weighted by Gasteiger charge is 2.30. The van der Waals surface area contributed by atoms with Crippen LogP contribution < -0.4 is 5.32 Å². The molecular weight excluding hydrogens is 402 g/mol. The summed E-state index contributed by atoms with van der Waals surface area (Å²) < 4.78 is 5.29. The lowest BCUT2D eigenvalue weighted by Gasteiger charge is -2.39. The van der Waals surface area contributed by atoms with Crippen LogP contribution in [-0.2, 0) is 6.42 Å². The standard InChI is InChI=1S/C22H27N3O2S2/c1-3-17-14-18(22(29-17)23-21(26)19-6-5-12-27-19)20(16-7-13-28-15-16)25-10-8-24(4-2)9-11-25/h5-7,12-15,20H,3-4,8-11H2,1-2H3,(H,23,26). The first kappa shape index (κ1) is 20.3. The molecule has 0 spiro atoms. The van der Waals surface area contributed by atoms with Gasteiger partial charge in [-0.3, -0.25) is 9.69 Å². The lowest BCUT2D eigenvalue weighted by molar-refractivity contribution is 0.0995. The molecule has 1 aliphatic rings. The molecule has 5 nitrogen and oxygen atoms in total. The number of carbonyl (C=O) groups is 1. The fourth-order valence-corrected chi connectivity index (χ4v) is 5.56. The molecule has 0 bridgehead atoms. The first-order chi connectivity index (χ1) is 14.2. The van der Waals surface area contributed by atoms with E-state index in [1.54, 1.807) is 34.8 Å². The lowest BCUT2D eigenvalue weighted by Crippen LogP contribution is -2.47. The Morgan fingerprint density at radius 1 is 1.24 bits per heavy atom. The minimum Gasteiger partial charge on any atom is -0.459 e. The number of likely N-dealkylation sites (N-methyl/N-ethyl adjacent to an activating group) is 1. The zero-order valence-corrected chi connectivity index (χ0v) is 18.5. The van der Waals surface area contributed by atoms with Crippen LogP contribution >= 0.6 is 22.7 Å². The number of carbonyl (C=O) groups excluding carboxylic acids is 1. The summed E-state index contributed by atoms with van der Waals surface area (Å²) in [5.41, 5.74) is 2.49. The van der Waals surface area contributed by atoms with Crippen molar-refractivity contribution in [2.45, 2.75) is 26.3 Å². The number of hydrogen-bond donors (Lipinski definition) is 1. The summed E-state index contributed by atoms with van der Waals surface area (Å²) in [4.78, 5) is 19.0. The van der Waals surface area contributed by atoms with Gasteiger partial charge in [-0.2, -0.15) is 11.3 Å². The van der Waals surface area contributed by atoms with E-state index in [0.717, 1.165) is 44.1 Å². The predicted octanol–water partition coefficient (Wildman–Crippen LogP) is 4.94. The molecule has 4 rings (SSSR count). The van der Waals surface area contributed by atoms with E-state index >= 15 is 0 Å². The van der Waals surface area contributed by atoms with Crippen molar-refractivity contribution in [1.29, 1.82) is 0 Å². The van der Waals surface area contributed by atoms with Crippen molar-refractivity contribution in [3.8, 4) is 0 Å². The average molecular weight is 430 g/mol. The average Bonchev–Trinajstić information content (AvgIpc) is 3.51. The molecule has 7 heteroatoms. The molecule has 1 saturated heterocycles. The van der Waals surface area contributed by atoms with Crippen molar-refractivity contribution in [3.05, 3.63) is 63.1 Å². The van der Waals surface area contributed by atoms with Gasteiger partial charge in [0.2, 0.25) is 0 Å². The van der Waals surface area contributed by atoms with E-state index in [4.69, 9.17) is 4.42 Å². The molecular formula is C22H27N3O2S2. The minimum atomic E-state index is -0.194. The maximum atomic E-state index is 12.7. The van der Waals surface area contributed by atoms with Crippen LogP contribution in [0.5, 0.6) is 0 Å². The number of piperazine rings is 1. The number of amides is 1. The molecule has 1 amide bonds. The Hall–Kier alpha value is -1.93. The van der Waals surface area contributed by atoms with Crippen LogP contribution in [0.15, 0.2) is 45.7 Å². The SMILES string of the molecule is CCc1cc(C(c2ccsc2)N2CCN(CC)CC2)c(NC(=O)c2ccco2)s1. The van der Waals surface area contributed by atoms with Crippen molar-refractivity contribution in [2.24, 2.45) is 0 Å². The van der Waals surface area contributed by atoms with E-state index in [2.05, 4.69) is 51.9 Å². The van der Waals surface area contributed by atoms with Gasteiger partial charge in [-0.25, -0.2) is 0 Å². The number of aryl methyl sites for hydroxylation is 1. The first-order valence-corrected chi connectivity index (χ1v) is 11.9. The second kappa shape index (κ2) is 9.26. The van der Waals surface area contributed by atoms with Gasteiger partial charge in [-0.15, -0.1) is 11.3 Å². The molecule has 154 valence electrons. The van der Waals surface area contributed by atoms with E-state index in [1.807, 2.05) is 0 Å². The maximum Gasteiger partial charge on any atom is 0.291 e. The number of thiophene rings is 2. The second-order valence-corrected chi connectivity index (χ2v) is 9.13. The molecule has 29 heavy (non-hydrogen) atoms. The van der Waals surface area contributed by atoms with Crippen LogP contribution in [0.3, 0.4) is 0 Å². The zero-order chi connectivity index (χ0) is 20.2. The van der Waals surface area contributed by atoms with Gasteiger partial charge in [-0.05, 0) is 53.6 Å². The molecule has 0 aromatic carbocycles. The monoisotopic (exact) mass is 429 g/mol. The van der Waals surface area contributed by atoms with Crippen molar-refractivity contribution >= 4 is 33.6 Å². The quantitative estimate of drug-likeness (QED) is 0.578. The number of anilines is 1. The summed E-state index contributed by atoms with van der Waals surface area (Å²) in [5.74, 6) is 0.145. The number of rotatable bonds is 7. The van der Waals surface area contributed by atoms with Crippen LogP contribution in [0.4, 0.5) is 5.00 Å². The third-order valence-corrected chi connectivity index (χ3v) is 7.42. The molecule has 3 aromatic heterocycles. The number of nitrogens with zero attached hydrogens (tertiary/aromatic N) is 2. The normalized spacial score (nSPS) is 16.8. The van der Waals surface area contributed by atoms with E-state index in [1.165, 1.54) is 22.3 Å². The van der Waals surface area contributed by atoms with Gasteiger partial charge in [0, 0.05) is 36.6 Å². The van der Waals surface area contributed by atoms with E-state index in [0.29, 0.717) is 5.76 Å².